The molecule has 0 aliphatic rings. The first-order valence-electron chi connectivity index (χ1n) is 7.45. The van der Waals surface area contributed by atoms with Gasteiger partial charge in [-0.05, 0) is 24.3 Å². The van der Waals surface area contributed by atoms with Gasteiger partial charge in [-0.1, -0.05) is 0 Å². The lowest BCUT2D eigenvalue weighted by atomic mass is 10.2. The molecule has 0 atom stereocenters. The number of quaternary nitrogens is 1. The molecule has 0 aliphatic heterocycles. The Bertz CT molecular complexity index is 632. The molecule has 2 aromatic rings. The highest BCUT2D eigenvalue weighted by molar-refractivity contribution is 5.93. The van der Waals surface area contributed by atoms with Crippen molar-refractivity contribution in [3.8, 4) is 11.5 Å². The van der Waals surface area contributed by atoms with Crippen molar-refractivity contribution >= 4 is 5.91 Å². The first-order valence-corrected chi connectivity index (χ1v) is 7.45. The van der Waals surface area contributed by atoms with E-state index in [-0.39, 0.29) is 5.91 Å². The molecule has 1 amide bonds. The Labute approximate surface area is 135 Å². The maximum Gasteiger partial charge on any atom is 0.251 e. The minimum absolute atomic E-state index is 0.0807. The lowest BCUT2D eigenvalue weighted by Crippen LogP contribution is -2.84. The van der Waals surface area contributed by atoms with Gasteiger partial charge in [0.15, 0.2) is 0 Å². The first-order chi connectivity index (χ1) is 11.2. The van der Waals surface area contributed by atoms with E-state index in [4.69, 9.17) is 9.47 Å². The highest BCUT2D eigenvalue weighted by atomic mass is 16.5. The molecule has 6 heteroatoms. The van der Waals surface area contributed by atoms with E-state index in [1.807, 2.05) is 18.2 Å². The summed E-state index contributed by atoms with van der Waals surface area (Å²) in [5.41, 5.74) is 1.71. The number of hydrogen-bond acceptors (Lipinski definition) is 4. The summed E-state index contributed by atoms with van der Waals surface area (Å²) >= 11 is 0. The number of rotatable bonds is 8. The van der Waals surface area contributed by atoms with Crippen LogP contribution in [0.2, 0.25) is 0 Å². The van der Waals surface area contributed by atoms with Gasteiger partial charge in [0.05, 0.1) is 27.3 Å². The van der Waals surface area contributed by atoms with E-state index in [9.17, 15) is 4.79 Å². The van der Waals surface area contributed by atoms with Crippen LogP contribution in [0.5, 0.6) is 11.5 Å². The fourth-order valence-electron chi connectivity index (χ4n) is 2.17. The van der Waals surface area contributed by atoms with Crippen LogP contribution >= 0.6 is 0 Å². The molecule has 1 aromatic heterocycles. The third-order valence-corrected chi connectivity index (χ3v) is 3.44. The van der Waals surface area contributed by atoms with E-state index >= 15 is 0 Å². The molecule has 0 saturated carbocycles. The van der Waals surface area contributed by atoms with E-state index in [0.717, 1.165) is 30.2 Å². The zero-order valence-corrected chi connectivity index (χ0v) is 13.4. The number of ether oxygens (including phenoxy) is 2. The van der Waals surface area contributed by atoms with Gasteiger partial charge in [-0.25, -0.2) is 0 Å². The molecular weight excluding hydrogens is 294 g/mol. The molecule has 0 fully saturated rings. The Hall–Kier alpha value is -2.60. The molecule has 0 bridgehead atoms. The van der Waals surface area contributed by atoms with Gasteiger partial charge in [0, 0.05) is 29.6 Å². The third kappa shape index (κ3) is 4.96. The van der Waals surface area contributed by atoms with Crippen LogP contribution in [-0.4, -0.2) is 38.2 Å². The van der Waals surface area contributed by atoms with Gasteiger partial charge in [0.2, 0.25) is 0 Å². The van der Waals surface area contributed by atoms with Crippen molar-refractivity contribution in [1.82, 2.24) is 10.3 Å². The maximum absolute atomic E-state index is 11.9. The summed E-state index contributed by atoms with van der Waals surface area (Å²) in [6.07, 6.45) is 3.22. The van der Waals surface area contributed by atoms with Crippen LogP contribution in [0.25, 0.3) is 0 Å². The smallest absolute Gasteiger partial charge is 0.251 e. The van der Waals surface area contributed by atoms with Crippen LogP contribution in [0.3, 0.4) is 0 Å². The van der Waals surface area contributed by atoms with Crippen molar-refractivity contribution in [2.24, 2.45) is 0 Å². The number of aromatic nitrogens is 1. The van der Waals surface area contributed by atoms with E-state index in [1.54, 1.807) is 38.7 Å². The monoisotopic (exact) mass is 316 g/mol. The Balaban J connectivity index is 1.74. The summed E-state index contributed by atoms with van der Waals surface area (Å²) in [5, 5.41) is 5.01. The second kappa shape index (κ2) is 8.75. The fraction of sp³-hybridized carbons (Fsp3) is 0.294. The normalized spacial score (nSPS) is 10.2. The fourth-order valence-corrected chi connectivity index (χ4v) is 2.17. The molecule has 122 valence electrons. The predicted octanol–water partition coefficient (Wildman–Crippen LogP) is 0.592. The number of nitrogens with one attached hydrogen (secondary N) is 1. The molecule has 2 rings (SSSR count). The van der Waals surface area contributed by atoms with Gasteiger partial charge >= 0.3 is 0 Å². The second-order valence-electron chi connectivity index (χ2n) is 4.95. The number of benzene rings is 1. The summed E-state index contributed by atoms with van der Waals surface area (Å²) in [6, 6.07) is 9.16. The molecule has 0 aliphatic carbocycles. The number of methoxy groups -OCH3 is 2. The largest absolute Gasteiger partial charge is 0.497 e. The van der Waals surface area contributed by atoms with Crippen molar-refractivity contribution in [2.45, 2.75) is 6.54 Å². The van der Waals surface area contributed by atoms with Crippen LogP contribution < -0.4 is 20.1 Å². The molecule has 0 saturated heterocycles. The average molecular weight is 316 g/mol. The Morgan fingerprint density at radius 1 is 1.17 bits per heavy atom. The van der Waals surface area contributed by atoms with E-state index in [2.05, 4.69) is 15.6 Å². The summed E-state index contributed by atoms with van der Waals surface area (Å²) in [7, 11) is 3.28. The molecule has 6 nitrogen and oxygen atoms in total. The van der Waals surface area contributed by atoms with E-state index in [1.165, 1.54) is 0 Å². The summed E-state index contributed by atoms with van der Waals surface area (Å²) in [6.45, 7) is 2.16. The van der Waals surface area contributed by atoms with Crippen LogP contribution in [0.4, 0.5) is 0 Å². The van der Waals surface area contributed by atoms with Gasteiger partial charge in [0.25, 0.3) is 5.91 Å². The quantitative estimate of drug-likeness (QED) is 0.699. The SMILES string of the molecule is COc1ccc(C[NH2+]CCNC(=O)c2ccncc2)c(OC)c1. The van der Waals surface area contributed by atoms with Gasteiger partial charge in [-0.2, -0.15) is 0 Å². The van der Waals surface area contributed by atoms with E-state index in [0.29, 0.717) is 12.1 Å². The Morgan fingerprint density at radius 2 is 1.96 bits per heavy atom. The number of amides is 1. The van der Waals surface area contributed by atoms with Gasteiger partial charge < -0.3 is 20.1 Å². The zero-order chi connectivity index (χ0) is 16.5. The third-order valence-electron chi connectivity index (χ3n) is 3.44. The number of pyridine rings is 1. The van der Waals surface area contributed by atoms with Gasteiger partial charge in [-0.15, -0.1) is 0 Å². The highest BCUT2D eigenvalue weighted by Crippen LogP contribution is 2.23. The predicted molar refractivity (Wildman–Crippen MR) is 86.6 cm³/mol. The number of nitrogens with two attached hydrogens (primary N) is 1. The lowest BCUT2D eigenvalue weighted by Gasteiger charge is -2.10. The summed E-state index contributed by atoms with van der Waals surface area (Å²) in [5.74, 6) is 1.50. The standard InChI is InChI=1S/C17H21N3O3/c1-22-15-4-3-14(16(11-15)23-2)12-19-9-10-20-17(21)13-5-7-18-8-6-13/h3-8,11,19H,9-10,12H2,1-2H3,(H,20,21)/p+1. The lowest BCUT2D eigenvalue weighted by molar-refractivity contribution is -0.668. The minimum atomic E-state index is -0.0807. The average Bonchev–Trinajstić information content (AvgIpc) is 2.62. The number of nitrogens with zero attached hydrogens (tertiary/aromatic N) is 1. The zero-order valence-electron chi connectivity index (χ0n) is 13.4. The van der Waals surface area contributed by atoms with Crippen molar-refractivity contribution in [3.05, 3.63) is 53.9 Å². The second-order valence-corrected chi connectivity index (χ2v) is 4.95. The minimum Gasteiger partial charge on any atom is -0.497 e. The maximum atomic E-state index is 11.9. The highest BCUT2D eigenvalue weighted by Gasteiger charge is 2.07. The summed E-state index contributed by atoms with van der Waals surface area (Å²) in [4.78, 5) is 15.8. The number of hydrogen-bond donors (Lipinski definition) is 2. The topological polar surface area (TPSA) is 77.1 Å². The van der Waals surface area contributed by atoms with Gasteiger partial charge in [0.1, 0.15) is 18.0 Å². The van der Waals surface area contributed by atoms with Crippen LogP contribution in [0.15, 0.2) is 42.7 Å². The number of carbonyl (C=O) groups is 1. The Morgan fingerprint density at radius 3 is 2.65 bits per heavy atom. The molecule has 0 spiro atoms. The molecule has 0 unspecified atom stereocenters. The Kier molecular flexibility index (Phi) is 6.38. The van der Waals surface area contributed by atoms with Crippen molar-refractivity contribution in [1.29, 1.82) is 0 Å². The van der Waals surface area contributed by atoms with Crippen molar-refractivity contribution in [2.75, 3.05) is 27.3 Å². The van der Waals surface area contributed by atoms with Crippen molar-refractivity contribution < 1.29 is 19.6 Å². The van der Waals surface area contributed by atoms with Crippen molar-refractivity contribution in [3.63, 3.8) is 0 Å². The van der Waals surface area contributed by atoms with Crippen LogP contribution in [0, 0.1) is 0 Å². The molecule has 0 radical (unpaired) electrons. The van der Waals surface area contributed by atoms with Gasteiger partial charge in [-0.3, -0.25) is 9.78 Å². The molecule has 1 aromatic carbocycles. The molecular formula is C17H22N3O3+. The van der Waals surface area contributed by atoms with E-state index < -0.39 is 0 Å². The molecule has 23 heavy (non-hydrogen) atoms. The number of carbonyl (C=O) groups excluding carboxylic acids is 1. The molecule has 1 heterocycles. The first kappa shape index (κ1) is 16.8. The van der Waals surface area contributed by atoms with Crippen LogP contribution in [0.1, 0.15) is 15.9 Å². The molecule has 3 N–H and O–H groups in total. The van der Waals surface area contributed by atoms with Crippen LogP contribution in [-0.2, 0) is 6.54 Å². The summed E-state index contributed by atoms with van der Waals surface area (Å²) < 4.78 is 10.5.